The van der Waals surface area contributed by atoms with E-state index in [1.165, 1.54) is 13.8 Å². The highest BCUT2D eigenvalue weighted by molar-refractivity contribution is 5.98. The third-order valence-corrected chi connectivity index (χ3v) is 6.78. The predicted octanol–water partition coefficient (Wildman–Crippen LogP) is 4.48. The van der Waals surface area contributed by atoms with Crippen molar-refractivity contribution >= 4 is 29.7 Å². The summed E-state index contributed by atoms with van der Waals surface area (Å²) in [4.78, 5) is 56.6. The Kier molecular flexibility index (Phi) is 12.5. The molecular weight excluding hydrogens is 590 g/mol. The van der Waals surface area contributed by atoms with Gasteiger partial charge in [-0.1, -0.05) is 60.7 Å². The van der Waals surface area contributed by atoms with Crippen molar-refractivity contribution in [2.24, 2.45) is 0 Å². The molecule has 2 unspecified atom stereocenters. The van der Waals surface area contributed by atoms with Crippen LogP contribution in [-0.2, 0) is 41.7 Å². The molecule has 3 aromatic rings. The Hall–Kier alpha value is -4.71. The first-order valence-electron chi connectivity index (χ1n) is 15.2. The second-order valence-corrected chi connectivity index (χ2v) is 12.3. The second kappa shape index (κ2) is 16.0. The third-order valence-electron chi connectivity index (χ3n) is 6.78. The van der Waals surface area contributed by atoms with E-state index < -0.39 is 41.0 Å². The normalized spacial score (nSPS) is 12.8. The number of nitrogens with one attached hydrogen (secondary N) is 3. The van der Waals surface area contributed by atoms with Gasteiger partial charge < -0.3 is 34.7 Å². The number of anilines is 1. The number of benzene rings is 2. The highest BCUT2D eigenvalue weighted by Crippen LogP contribution is 2.22. The smallest absolute Gasteiger partial charge is 0.408 e. The number of hydrogen-bond donors (Lipinski definition) is 3. The van der Waals surface area contributed by atoms with Gasteiger partial charge in [-0.3, -0.25) is 14.4 Å². The van der Waals surface area contributed by atoms with E-state index in [0.717, 1.165) is 11.1 Å². The summed E-state index contributed by atoms with van der Waals surface area (Å²) in [5.41, 5.74) is -0.495. The number of imidazole rings is 1. The predicted molar refractivity (Wildman–Crippen MR) is 173 cm³/mol. The minimum atomic E-state index is -1.42. The van der Waals surface area contributed by atoms with Crippen LogP contribution in [0.5, 0.6) is 0 Å². The topological polar surface area (TPSA) is 150 Å². The summed E-state index contributed by atoms with van der Waals surface area (Å²) >= 11 is 0. The molecule has 2 aromatic carbocycles. The molecule has 0 aliphatic carbocycles. The van der Waals surface area contributed by atoms with Gasteiger partial charge in [0.25, 0.3) is 5.91 Å². The number of carbonyl (C=O) groups is 4. The van der Waals surface area contributed by atoms with Crippen LogP contribution in [0.25, 0.3) is 0 Å². The molecule has 46 heavy (non-hydrogen) atoms. The van der Waals surface area contributed by atoms with Crippen LogP contribution in [0.4, 0.5) is 10.6 Å². The number of hydrogen-bond acceptors (Lipinski definition) is 8. The van der Waals surface area contributed by atoms with Gasteiger partial charge in [0.2, 0.25) is 5.91 Å². The molecule has 3 rings (SSSR count). The van der Waals surface area contributed by atoms with Gasteiger partial charge in [0.05, 0.1) is 25.7 Å². The number of amides is 3. The molecule has 0 radical (unpaired) electrons. The van der Waals surface area contributed by atoms with Crippen LogP contribution in [0.2, 0.25) is 0 Å². The highest BCUT2D eigenvalue weighted by Gasteiger charge is 2.35. The molecule has 0 bridgehead atoms. The fraction of sp³-hybridized carbons (Fsp3) is 0.441. The van der Waals surface area contributed by atoms with Crippen LogP contribution < -0.4 is 16.0 Å². The van der Waals surface area contributed by atoms with E-state index in [9.17, 15) is 19.2 Å². The van der Waals surface area contributed by atoms with Crippen molar-refractivity contribution in [1.82, 2.24) is 20.2 Å². The molecular formula is C34H45N5O7. The van der Waals surface area contributed by atoms with Gasteiger partial charge in [0, 0.05) is 12.7 Å². The average Bonchev–Trinajstić information content (AvgIpc) is 3.32. The Balaban J connectivity index is 1.76. The highest BCUT2D eigenvalue weighted by atomic mass is 16.6. The van der Waals surface area contributed by atoms with Crippen molar-refractivity contribution in [3.63, 3.8) is 0 Å². The van der Waals surface area contributed by atoms with Gasteiger partial charge >= 0.3 is 12.1 Å². The first kappa shape index (κ1) is 35.8. The van der Waals surface area contributed by atoms with Crippen molar-refractivity contribution in [1.29, 1.82) is 0 Å². The van der Waals surface area contributed by atoms with Gasteiger partial charge in [0.1, 0.15) is 23.0 Å². The zero-order valence-electron chi connectivity index (χ0n) is 27.6. The molecule has 2 atom stereocenters. The summed E-state index contributed by atoms with van der Waals surface area (Å²) in [7, 11) is 0. The van der Waals surface area contributed by atoms with Crippen LogP contribution in [0.15, 0.2) is 66.9 Å². The van der Waals surface area contributed by atoms with Crippen molar-refractivity contribution in [2.75, 3.05) is 18.5 Å². The Morgan fingerprint density at radius 3 is 2.17 bits per heavy atom. The first-order valence-corrected chi connectivity index (χ1v) is 15.2. The summed E-state index contributed by atoms with van der Waals surface area (Å²) in [5, 5.41) is 8.00. The van der Waals surface area contributed by atoms with Crippen LogP contribution in [0.3, 0.4) is 0 Å². The van der Waals surface area contributed by atoms with Gasteiger partial charge in [-0.15, -0.1) is 0 Å². The van der Waals surface area contributed by atoms with Crippen LogP contribution in [0.1, 0.15) is 64.4 Å². The van der Waals surface area contributed by atoms with Crippen LogP contribution in [0, 0.1) is 6.92 Å². The lowest BCUT2D eigenvalue weighted by atomic mass is 9.99. The van der Waals surface area contributed by atoms with Crippen molar-refractivity contribution in [2.45, 2.75) is 84.7 Å². The molecule has 0 saturated heterocycles. The van der Waals surface area contributed by atoms with Gasteiger partial charge in [-0.2, -0.15) is 0 Å². The fourth-order valence-electron chi connectivity index (χ4n) is 4.41. The molecule has 3 N–H and O–H groups in total. The van der Waals surface area contributed by atoms with E-state index in [1.807, 2.05) is 60.7 Å². The minimum Gasteiger partial charge on any atom is -0.465 e. The van der Waals surface area contributed by atoms with Crippen LogP contribution >= 0.6 is 0 Å². The van der Waals surface area contributed by atoms with E-state index in [2.05, 4.69) is 20.9 Å². The van der Waals surface area contributed by atoms with Crippen LogP contribution in [-0.4, -0.2) is 63.8 Å². The van der Waals surface area contributed by atoms with Crippen molar-refractivity contribution in [3.8, 4) is 0 Å². The van der Waals surface area contributed by atoms with Gasteiger partial charge in [-0.25, -0.2) is 9.78 Å². The maximum absolute atomic E-state index is 13.5. The molecule has 0 spiro atoms. The number of aromatic nitrogens is 2. The van der Waals surface area contributed by atoms with Crippen molar-refractivity contribution in [3.05, 3.63) is 83.8 Å². The molecule has 12 heteroatoms. The van der Waals surface area contributed by atoms with E-state index in [0.29, 0.717) is 5.82 Å². The number of alkyl carbamates (subject to hydrolysis) is 1. The molecule has 1 heterocycles. The number of carbonyl (C=O) groups excluding carboxylic acids is 4. The lowest BCUT2D eigenvalue weighted by molar-refractivity contribution is -0.145. The molecule has 1 aromatic heterocycles. The maximum Gasteiger partial charge on any atom is 0.408 e. The van der Waals surface area contributed by atoms with E-state index in [-0.39, 0.29) is 38.2 Å². The van der Waals surface area contributed by atoms with Gasteiger partial charge in [0.15, 0.2) is 5.82 Å². The summed E-state index contributed by atoms with van der Waals surface area (Å²) in [6.45, 7) is 12.2. The van der Waals surface area contributed by atoms with Gasteiger partial charge in [-0.05, 0) is 59.6 Å². The summed E-state index contributed by atoms with van der Waals surface area (Å²) < 4.78 is 18.2. The van der Waals surface area contributed by atoms with E-state index in [1.54, 1.807) is 45.4 Å². The quantitative estimate of drug-likeness (QED) is 0.220. The molecule has 0 aliphatic rings. The number of aryl methyl sites for hydroxylation is 1. The number of nitrogens with zero attached hydrogens (tertiary/aromatic N) is 2. The monoisotopic (exact) mass is 635 g/mol. The molecule has 248 valence electrons. The number of esters is 1. The minimum absolute atomic E-state index is 0.159. The fourth-order valence-corrected chi connectivity index (χ4v) is 4.41. The first-order chi connectivity index (χ1) is 21.7. The molecule has 3 amide bonds. The third kappa shape index (κ3) is 11.0. The van der Waals surface area contributed by atoms with E-state index in [4.69, 9.17) is 14.2 Å². The largest absolute Gasteiger partial charge is 0.465 e. The second-order valence-electron chi connectivity index (χ2n) is 12.3. The number of rotatable bonds is 14. The SMILES string of the molecule is CCOC(=O)C(Cn1cc(NC(=O)C(COCc2ccccc2)NC(=O)C(C)(C)NC(=O)OC(C)(C)C)nc1C)c1ccccc1. The zero-order valence-corrected chi connectivity index (χ0v) is 27.6. The maximum atomic E-state index is 13.5. The molecule has 12 nitrogen and oxygen atoms in total. The summed E-state index contributed by atoms with van der Waals surface area (Å²) in [5.74, 6) is -1.37. The van der Waals surface area contributed by atoms with E-state index >= 15 is 0 Å². The molecule has 0 aliphatic heterocycles. The zero-order chi connectivity index (χ0) is 33.9. The Morgan fingerprint density at radius 1 is 0.935 bits per heavy atom. The Bertz CT molecular complexity index is 1470. The Labute approximate surface area is 270 Å². The lowest BCUT2D eigenvalue weighted by Gasteiger charge is -2.29. The van der Waals surface area contributed by atoms with Crippen molar-refractivity contribution < 1.29 is 33.4 Å². The summed E-state index contributed by atoms with van der Waals surface area (Å²) in [6.07, 6.45) is 0.853. The Morgan fingerprint density at radius 2 is 1.57 bits per heavy atom. The summed E-state index contributed by atoms with van der Waals surface area (Å²) in [6, 6.07) is 17.6. The average molecular weight is 636 g/mol. The molecule has 0 saturated carbocycles. The molecule has 0 fully saturated rings. The lowest BCUT2D eigenvalue weighted by Crippen LogP contribution is -2.59. The number of ether oxygens (including phenoxy) is 3. The standard InChI is InChI=1S/C34H45N5O7/c1-8-45-30(41)26(25-17-13-10-14-18-25)19-39-20-28(35-23(39)2)37-29(40)27(22-44-21-24-15-11-9-12-16-24)36-31(42)34(6,7)38-32(43)46-33(3,4)5/h9-18,20,26-27H,8,19,21-22H2,1-7H3,(H,36,42)(H,37,40)(H,38,43).